The van der Waals surface area contributed by atoms with E-state index in [0.717, 1.165) is 12.0 Å². The van der Waals surface area contributed by atoms with Crippen molar-refractivity contribution in [3.8, 4) is 11.5 Å². The van der Waals surface area contributed by atoms with E-state index in [0.29, 0.717) is 24.9 Å². The normalized spacial score (nSPS) is 15.7. The number of hydrogen-bond acceptors (Lipinski definition) is 5. The zero-order valence-corrected chi connectivity index (χ0v) is 10.2. The molecule has 1 atom stereocenters. The first kappa shape index (κ1) is 11.4. The first-order chi connectivity index (χ1) is 8.78. The van der Waals surface area contributed by atoms with Crippen molar-refractivity contribution in [1.29, 1.82) is 0 Å². The summed E-state index contributed by atoms with van der Waals surface area (Å²) in [6.45, 7) is 3.33. The molecule has 0 radical (unpaired) electrons. The first-order valence-electron chi connectivity index (χ1n) is 6.07. The Bertz CT molecular complexity index is 565. The molecular formula is C13H15N3O2. The third kappa shape index (κ3) is 1.91. The quantitative estimate of drug-likeness (QED) is 0.897. The molecule has 1 aromatic carbocycles. The molecule has 0 bridgehead atoms. The molecule has 3 rings (SSSR count). The van der Waals surface area contributed by atoms with Crippen LogP contribution in [0.3, 0.4) is 0 Å². The van der Waals surface area contributed by atoms with Gasteiger partial charge in [0, 0.05) is 5.56 Å². The standard InChI is InChI=1S/C13H15N3O2/c1-2-11(14)12-15-13(18-16-12)8-3-4-9-6-17-7-10(9)5-8/h3-5,11H,2,6-7,14H2,1H3. The fourth-order valence-electron chi connectivity index (χ4n) is 1.99. The summed E-state index contributed by atoms with van der Waals surface area (Å²) < 4.78 is 10.6. The van der Waals surface area contributed by atoms with Crippen LogP contribution < -0.4 is 5.73 Å². The van der Waals surface area contributed by atoms with E-state index in [9.17, 15) is 0 Å². The van der Waals surface area contributed by atoms with Gasteiger partial charge in [0.15, 0.2) is 5.82 Å². The maximum atomic E-state index is 5.87. The summed E-state index contributed by atoms with van der Waals surface area (Å²) in [6, 6.07) is 5.89. The fraction of sp³-hybridized carbons (Fsp3) is 0.385. The molecule has 1 aromatic heterocycles. The lowest BCUT2D eigenvalue weighted by Crippen LogP contribution is -2.10. The maximum Gasteiger partial charge on any atom is 0.257 e. The van der Waals surface area contributed by atoms with E-state index >= 15 is 0 Å². The van der Waals surface area contributed by atoms with Crippen molar-refractivity contribution in [3.63, 3.8) is 0 Å². The Balaban J connectivity index is 1.92. The van der Waals surface area contributed by atoms with Crippen LogP contribution in [0.4, 0.5) is 0 Å². The minimum Gasteiger partial charge on any atom is -0.372 e. The van der Waals surface area contributed by atoms with Gasteiger partial charge >= 0.3 is 0 Å². The molecule has 2 N–H and O–H groups in total. The van der Waals surface area contributed by atoms with E-state index in [1.165, 1.54) is 11.1 Å². The largest absolute Gasteiger partial charge is 0.372 e. The molecule has 2 aromatic rings. The summed E-state index contributed by atoms with van der Waals surface area (Å²) in [6.07, 6.45) is 0.789. The van der Waals surface area contributed by atoms with Gasteiger partial charge in [0.25, 0.3) is 5.89 Å². The van der Waals surface area contributed by atoms with Crippen molar-refractivity contribution < 1.29 is 9.26 Å². The molecular weight excluding hydrogens is 230 g/mol. The lowest BCUT2D eigenvalue weighted by atomic mass is 10.1. The first-order valence-corrected chi connectivity index (χ1v) is 6.07. The molecule has 5 heteroatoms. The van der Waals surface area contributed by atoms with Gasteiger partial charge in [0.2, 0.25) is 0 Å². The van der Waals surface area contributed by atoms with Crippen LogP contribution in [-0.4, -0.2) is 10.1 Å². The number of nitrogens with two attached hydrogens (primary N) is 1. The molecule has 0 fully saturated rings. The molecule has 1 aliphatic heterocycles. The predicted molar refractivity (Wildman–Crippen MR) is 65.4 cm³/mol. The van der Waals surface area contributed by atoms with Gasteiger partial charge in [-0.1, -0.05) is 18.1 Å². The summed E-state index contributed by atoms with van der Waals surface area (Å²) >= 11 is 0. The van der Waals surface area contributed by atoms with Crippen LogP contribution in [0.5, 0.6) is 0 Å². The molecule has 0 spiro atoms. The Hall–Kier alpha value is -1.72. The van der Waals surface area contributed by atoms with E-state index in [1.54, 1.807) is 0 Å². The van der Waals surface area contributed by atoms with E-state index in [-0.39, 0.29) is 6.04 Å². The fourth-order valence-corrected chi connectivity index (χ4v) is 1.99. The Labute approximate surface area is 105 Å². The smallest absolute Gasteiger partial charge is 0.257 e. The Morgan fingerprint density at radius 2 is 2.17 bits per heavy atom. The highest BCUT2D eigenvalue weighted by molar-refractivity contribution is 5.56. The Morgan fingerprint density at radius 3 is 3.00 bits per heavy atom. The van der Waals surface area contributed by atoms with E-state index in [1.807, 2.05) is 25.1 Å². The summed E-state index contributed by atoms with van der Waals surface area (Å²) in [7, 11) is 0. The summed E-state index contributed by atoms with van der Waals surface area (Å²) in [5, 5.41) is 3.91. The molecule has 1 aliphatic rings. The van der Waals surface area contributed by atoms with Gasteiger partial charge in [-0.05, 0) is 29.7 Å². The van der Waals surface area contributed by atoms with Crippen molar-refractivity contribution in [2.24, 2.45) is 5.73 Å². The second-order valence-corrected chi connectivity index (χ2v) is 4.45. The summed E-state index contributed by atoms with van der Waals surface area (Å²) in [5.41, 5.74) is 9.20. The average Bonchev–Trinajstić information content (AvgIpc) is 3.05. The van der Waals surface area contributed by atoms with Gasteiger partial charge in [0.05, 0.1) is 19.3 Å². The second-order valence-electron chi connectivity index (χ2n) is 4.45. The van der Waals surface area contributed by atoms with Crippen LogP contribution >= 0.6 is 0 Å². The van der Waals surface area contributed by atoms with Gasteiger partial charge in [-0.3, -0.25) is 0 Å². The topological polar surface area (TPSA) is 74.2 Å². The zero-order chi connectivity index (χ0) is 12.5. The third-order valence-electron chi connectivity index (χ3n) is 3.18. The molecule has 0 saturated carbocycles. The number of ether oxygens (including phenoxy) is 1. The SMILES string of the molecule is CCC(N)c1noc(-c2ccc3c(c2)COC3)n1. The van der Waals surface area contributed by atoms with Crippen molar-refractivity contribution in [3.05, 3.63) is 35.2 Å². The molecule has 0 amide bonds. The highest BCUT2D eigenvalue weighted by atomic mass is 16.5. The molecule has 5 nitrogen and oxygen atoms in total. The lowest BCUT2D eigenvalue weighted by Gasteiger charge is -2.00. The molecule has 94 valence electrons. The van der Waals surface area contributed by atoms with Crippen LogP contribution in [0.25, 0.3) is 11.5 Å². The highest BCUT2D eigenvalue weighted by Gasteiger charge is 2.16. The van der Waals surface area contributed by atoms with Crippen molar-refractivity contribution >= 4 is 0 Å². The molecule has 0 saturated heterocycles. The maximum absolute atomic E-state index is 5.87. The van der Waals surface area contributed by atoms with Crippen LogP contribution in [0.15, 0.2) is 22.7 Å². The van der Waals surface area contributed by atoms with E-state index in [4.69, 9.17) is 15.0 Å². The molecule has 18 heavy (non-hydrogen) atoms. The minimum atomic E-state index is -0.166. The van der Waals surface area contributed by atoms with Gasteiger partial charge in [-0.2, -0.15) is 4.98 Å². The number of rotatable bonds is 3. The zero-order valence-electron chi connectivity index (χ0n) is 10.2. The number of aromatic nitrogens is 2. The second kappa shape index (κ2) is 4.51. The summed E-state index contributed by atoms with van der Waals surface area (Å²) in [5.74, 6) is 1.08. The van der Waals surface area contributed by atoms with Crippen molar-refractivity contribution in [2.75, 3.05) is 0 Å². The van der Waals surface area contributed by atoms with E-state index < -0.39 is 0 Å². The molecule has 1 unspecified atom stereocenters. The van der Waals surface area contributed by atoms with E-state index in [2.05, 4.69) is 10.1 Å². The average molecular weight is 245 g/mol. The predicted octanol–water partition coefficient (Wildman–Crippen LogP) is 2.18. The monoisotopic (exact) mass is 245 g/mol. The molecule has 0 aliphatic carbocycles. The van der Waals surface area contributed by atoms with Crippen LogP contribution in [0.2, 0.25) is 0 Å². The van der Waals surface area contributed by atoms with Gasteiger partial charge in [0.1, 0.15) is 0 Å². The number of hydrogen-bond donors (Lipinski definition) is 1. The van der Waals surface area contributed by atoms with Crippen LogP contribution in [0.1, 0.15) is 36.3 Å². The van der Waals surface area contributed by atoms with Crippen LogP contribution in [-0.2, 0) is 18.0 Å². The highest BCUT2D eigenvalue weighted by Crippen LogP contribution is 2.26. The lowest BCUT2D eigenvalue weighted by molar-refractivity contribution is 0.134. The van der Waals surface area contributed by atoms with Gasteiger partial charge in [-0.15, -0.1) is 0 Å². The summed E-state index contributed by atoms with van der Waals surface area (Å²) in [4.78, 5) is 4.33. The number of fused-ring (bicyclic) bond motifs is 1. The van der Waals surface area contributed by atoms with Gasteiger partial charge < -0.3 is 15.0 Å². The van der Waals surface area contributed by atoms with Crippen molar-refractivity contribution in [2.45, 2.75) is 32.6 Å². The third-order valence-corrected chi connectivity index (χ3v) is 3.18. The Morgan fingerprint density at radius 1 is 1.33 bits per heavy atom. The minimum absolute atomic E-state index is 0.166. The number of nitrogens with zero attached hydrogens (tertiary/aromatic N) is 2. The Kier molecular flexibility index (Phi) is 2.85. The molecule has 2 heterocycles. The van der Waals surface area contributed by atoms with Gasteiger partial charge in [-0.25, -0.2) is 0 Å². The van der Waals surface area contributed by atoms with Crippen molar-refractivity contribution in [1.82, 2.24) is 10.1 Å². The number of benzene rings is 1. The van der Waals surface area contributed by atoms with Crippen LogP contribution in [0, 0.1) is 0 Å².